The quantitative estimate of drug-likeness (QED) is 0.400. The minimum Gasteiger partial charge on any atom is -0.486 e. The normalized spacial score (nSPS) is 11.4. The van der Waals surface area contributed by atoms with Crippen LogP contribution in [0.25, 0.3) is 5.32 Å². The second-order valence-corrected chi connectivity index (χ2v) is 6.57. The third-order valence-corrected chi connectivity index (χ3v) is 4.31. The number of benzene rings is 1. The molecule has 0 saturated heterocycles. The topological polar surface area (TPSA) is 108 Å². The molecule has 8 heteroatoms. The third kappa shape index (κ3) is 12.4. The number of aliphatic hydroxyl groups excluding tert-OH is 1. The van der Waals surface area contributed by atoms with Crippen LogP contribution in [0.3, 0.4) is 0 Å². The Balaban J connectivity index is 0.000000838. The summed E-state index contributed by atoms with van der Waals surface area (Å²) in [5, 5.41) is 13.7. The van der Waals surface area contributed by atoms with Gasteiger partial charge in [-0.05, 0) is 43.9 Å². The zero-order valence-electron chi connectivity index (χ0n) is 19.3. The fourth-order valence-corrected chi connectivity index (χ4v) is 2.58. The molecule has 0 amide bonds. The molecule has 1 unspecified atom stereocenters. The number of hydrogen-bond acceptors (Lipinski definition) is 6. The molecule has 31 heavy (non-hydrogen) atoms. The van der Waals surface area contributed by atoms with Gasteiger partial charge in [0.05, 0.1) is 11.9 Å². The van der Waals surface area contributed by atoms with Crippen LogP contribution in [-0.4, -0.2) is 41.0 Å². The Morgan fingerprint density at radius 3 is 2.52 bits per heavy atom. The Kier molecular flexibility index (Phi) is 17.5. The van der Waals surface area contributed by atoms with Gasteiger partial charge in [-0.15, -0.1) is 0 Å². The first kappa shape index (κ1) is 29.7. The van der Waals surface area contributed by atoms with Gasteiger partial charge in [0.2, 0.25) is 0 Å². The maximum atomic E-state index is 9.13. The molecule has 0 aliphatic rings. The van der Waals surface area contributed by atoms with Gasteiger partial charge < -0.3 is 25.9 Å². The maximum Gasteiger partial charge on any atom is 1.00 e. The van der Waals surface area contributed by atoms with Crippen molar-refractivity contribution in [1.82, 2.24) is 9.97 Å². The van der Waals surface area contributed by atoms with E-state index in [1.807, 2.05) is 19.1 Å². The molecule has 0 radical (unpaired) electrons. The monoisotopic (exact) mass is 451 g/mol. The summed E-state index contributed by atoms with van der Waals surface area (Å²) >= 11 is 0. The zero-order chi connectivity index (χ0) is 22.2. The van der Waals surface area contributed by atoms with Crippen molar-refractivity contribution >= 4 is 18.5 Å². The van der Waals surface area contributed by atoms with Crippen LogP contribution in [0, 0.1) is 0 Å². The van der Waals surface area contributed by atoms with Gasteiger partial charge in [-0.1, -0.05) is 63.1 Å². The largest absolute Gasteiger partial charge is 1.00 e. The van der Waals surface area contributed by atoms with E-state index in [0.717, 1.165) is 19.3 Å². The van der Waals surface area contributed by atoms with Gasteiger partial charge in [-0.2, -0.15) is 0 Å². The van der Waals surface area contributed by atoms with Crippen molar-refractivity contribution < 1.29 is 61.2 Å². The van der Waals surface area contributed by atoms with Gasteiger partial charge >= 0.3 is 51.4 Å². The molecule has 3 N–H and O–H groups in total. The Labute approximate surface area is 229 Å². The van der Waals surface area contributed by atoms with Crippen molar-refractivity contribution in [1.29, 1.82) is 0 Å². The molecular weight excluding hydrogens is 417 g/mol. The van der Waals surface area contributed by atoms with E-state index in [1.165, 1.54) is 11.8 Å². The van der Waals surface area contributed by atoms with E-state index in [2.05, 4.69) is 65.1 Å². The predicted molar refractivity (Wildman–Crippen MR) is 124 cm³/mol. The molecule has 1 atom stereocenters. The summed E-state index contributed by atoms with van der Waals surface area (Å²) in [5.74, 6) is 0.980. The molecular formula is C23H34KN5O2. The third-order valence-electron chi connectivity index (χ3n) is 4.31. The second kappa shape index (κ2) is 18.3. The van der Waals surface area contributed by atoms with E-state index in [9.17, 15) is 0 Å². The molecule has 7 nitrogen and oxygen atoms in total. The standard InChI is InChI=1S/C15H24N5O2.C8H10.K/c1-4-6-12(7-8-21)19-14-13(9-18-15(16)20-14)22-10-11(5-2)17-3;1-2-8-6-4-3-5-7-8;/h5,9,12,21H,3-4,6-8,10H2,1-2H3,(H2-,16,18,19,20);3-7H,2H2,1H3;/q-1;;+1/b11-5-;;. The summed E-state index contributed by atoms with van der Waals surface area (Å²) in [6.07, 6.45) is 6.85. The van der Waals surface area contributed by atoms with Crippen LogP contribution in [0.1, 0.15) is 45.6 Å². The van der Waals surface area contributed by atoms with Crippen LogP contribution in [0.15, 0.2) is 53.3 Å². The van der Waals surface area contributed by atoms with Crippen molar-refractivity contribution in [2.24, 2.45) is 4.99 Å². The summed E-state index contributed by atoms with van der Waals surface area (Å²) < 4.78 is 5.65. The molecule has 0 saturated carbocycles. The first-order chi connectivity index (χ1) is 14.6. The number of rotatable bonds is 11. The van der Waals surface area contributed by atoms with Gasteiger partial charge in [0.25, 0.3) is 0 Å². The fourth-order valence-electron chi connectivity index (χ4n) is 2.58. The fraction of sp³-hybridized carbons (Fsp3) is 0.435. The van der Waals surface area contributed by atoms with E-state index in [1.54, 1.807) is 0 Å². The average Bonchev–Trinajstić information content (AvgIpc) is 2.77. The van der Waals surface area contributed by atoms with Crippen LogP contribution >= 0.6 is 0 Å². The molecule has 164 valence electrons. The van der Waals surface area contributed by atoms with Crippen molar-refractivity contribution in [3.63, 3.8) is 0 Å². The number of aliphatic hydroxyl groups is 1. The molecule has 1 aromatic heterocycles. The Bertz CT molecular complexity index is 766. The number of nitrogens with two attached hydrogens (primary N) is 1. The number of nitrogens with zero attached hydrogens (tertiary/aromatic N) is 4. The number of nitrogen functional groups attached to an aromatic ring is 1. The molecule has 0 spiro atoms. The molecule has 1 aromatic carbocycles. The Hall–Kier alpha value is -1.29. The van der Waals surface area contributed by atoms with E-state index < -0.39 is 0 Å². The molecule has 0 aliphatic heterocycles. The van der Waals surface area contributed by atoms with Gasteiger partial charge in [0, 0.05) is 6.61 Å². The first-order valence-corrected chi connectivity index (χ1v) is 10.3. The number of allylic oxidation sites excluding steroid dienone is 1. The Morgan fingerprint density at radius 1 is 1.29 bits per heavy atom. The average molecular weight is 452 g/mol. The van der Waals surface area contributed by atoms with Gasteiger partial charge in [0.1, 0.15) is 18.3 Å². The molecule has 0 aliphatic carbocycles. The van der Waals surface area contributed by atoms with Crippen molar-refractivity contribution in [2.45, 2.75) is 52.5 Å². The SMILES string of the molecule is C=N/C(=C\C)COc1cnc(N)nc1[N-]C(CCC)CCO.CCc1ccccc1.[K+]. The molecule has 2 aromatic rings. The number of aryl methyl sites for hydroxylation is 1. The molecule has 2 rings (SSSR count). The summed E-state index contributed by atoms with van der Waals surface area (Å²) in [6, 6.07) is 10.4. The minimum atomic E-state index is -0.0228. The number of hydrogen-bond donors (Lipinski definition) is 2. The van der Waals surface area contributed by atoms with Gasteiger partial charge in [0.15, 0.2) is 0 Å². The minimum absolute atomic E-state index is 0. The molecule has 0 fully saturated rings. The van der Waals surface area contributed by atoms with Gasteiger partial charge in [-0.25, -0.2) is 4.98 Å². The van der Waals surface area contributed by atoms with Crippen molar-refractivity contribution in [3.8, 4) is 5.75 Å². The van der Waals surface area contributed by atoms with Crippen molar-refractivity contribution in [3.05, 3.63) is 59.2 Å². The summed E-state index contributed by atoms with van der Waals surface area (Å²) in [4.78, 5) is 11.9. The van der Waals surface area contributed by atoms with Crippen LogP contribution in [0.4, 0.5) is 11.8 Å². The van der Waals surface area contributed by atoms with E-state index in [4.69, 9.17) is 15.6 Å². The van der Waals surface area contributed by atoms with E-state index >= 15 is 0 Å². The second-order valence-electron chi connectivity index (χ2n) is 6.57. The van der Waals surface area contributed by atoms with Crippen LogP contribution in [0.5, 0.6) is 5.75 Å². The van der Waals surface area contributed by atoms with E-state index in [-0.39, 0.29) is 76.6 Å². The number of anilines is 1. The summed E-state index contributed by atoms with van der Waals surface area (Å²) in [7, 11) is 0. The zero-order valence-corrected chi connectivity index (χ0v) is 22.4. The predicted octanol–water partition coefficient (Wildman–Crippen LogP) is 1.85. The summed E-state index contributed by atoms with van der Waals surface area (Å²) in [5.41, 5.74) is 7.75. The smallest absolute Gasteiger partial charge is 0.486 e. The maximum absolute atomic E-state index is 9.13. The first-order valence-electron chi connectivity index (χ1n) is 10.3. The molecule has 1 heterocycles. The number of aromatic nitrogens is 2. The van der Waals surface area contributed by atoms with Crippen LogP contribution in [0.2, 0.25) is 0 Å². The number of aliphatic imine (C=N–C) groups is 1. The van der Waals surface area contributed by atoms with Crippen LogP contribution < -0.4 is 61.9 Å². The number of ether oxygens (including phenoxy) is 1. The van der Waals surface area contributed by atoms with Gasteiger partial charge in [-0.3, -0.25) is 4.99 Å². The van der Waals surface area contributed by atoms with E-state index in [0.29, 0.717) is 23.7 Å². The summed E-state index contributed by atoms with van der Waals surface area (Å²) in [6.45, 7) is 9.90. The Morgan fingerprint density at radius 2 is 2.00 bits per heavy atom. The van der Waals surface area contributed by atoms with Crippen LogP contribution in [-0.2, 0) is 6.42 Å². The molecule has 0 bridgehead atoms. The van der Waals surface area contributed by atoms with Crippen molar-refractivity contribution in [2.75, 3.05) is 18.9 Å².